The number of rotatable bonds is 5. The van der Waals surface area contributed by atoms with Gasteiger partial charge < -0.3 is 15.0 Å². The van der Waals surface area contributed by atoms with Crippen LogP contribution in [0.25, 0.3) is 0 Å². The van der Waals surface area contributed by atoms with Gasteiger partial charge in [-0.3, -0.25) is 19.7 Å². The first kappa shape index (κ1) is 23.5. The molecule has 34 heavy (non-hydrogen) atoms. The van der Waals surface area contributed by atoms with Crippen LogP contribution < -0.4 is 10.6 Å². The summed E-state index contributed by atoms with van der Waals surface area (Å²) in [6.07, 6.45) is 8.80. The van der Waals surface area contributed by atoms with Crippen molar-refractivity contribution in [2.75, 3.05) is 6.61 Å². The maximum Gasteiger partial charge on any atom is 0.255 e. The zero-order valence-corrected chi connectivity index (χ0v) is 20.4. The summed E-state index contributed by atoms with van der Waals surface area (Å²) < 4.78 is 5.91. The lowest BCUT2D eigenvalue weighted by atomic mass is 9.79. The van der Waals surface area contributed by atoms with Crippen LogP contribution in [0.5, 0.6) is 0 Å². The third kappa shape index (κ3) is 4.91. The zero-order chi connectivity index (χ0) is 23.9. The topological polar surface area (TPSA) is 87.7 Å². The molecule has 1 aromatic rings. The zero-order valence-electron chi connectivity index (χ0n) is 20.4. The summed E-state index contributed by atoms with van der Waals surface area (Å²) in [5.41, 5.74) is 2.90. The van der Waals surface area contributed by atoms with E-state index in [1.54, 1.807) is 4.90 Å². The first-order valence-electron chi connectivity index (χ1n) is 13.0. The average Bonchev–Trinajstić information content (AvgIpc) is 3.10. The Labute approximate surface area is 202 Å². The summed E-state index contributed by atoms with van der Waals surface area (Å²) in [6.45, 7) is 5.63. The van der Waals surface area contributed by atoms with E-state index in [2.05, 4.69) is 36.6 Å². The van der Waals surface area contributed by atoms with Crippen molar-refractivity contribution in [3.05, 3.63) is 34.9 Å². The van der Waals surface area contributed by atoms with Gasteiger partial charge in [0.15, 0.2) is 0 Å². The number of amides is 3. The minimum atomic E-state index is -0.559. The number of imide groups is 1. The van der Waals surface area contributed by atoms with Crippen molar-refractivity contribution in [1.82, 2.24) is 15.5 Å². The molecule has 7 nitrogen and oxygen atoms in total. The fourth-order valence-corrected chi connectivity index (χ4v) is 6.41. The van der Waals surface area contributed by atoms with Crippen LogP contribution in [-0.4, -0.2) is 53.0 Å². The molecule has 2 N–H and O–H groups in total. The Morgan fingerprint density at radius 2 is 1.94 bits per heavy atom. The van der Waals surface area contributed by atoms with Crippen LogP contribution in [0.15, 0.2) is 18.2 Å². The number of carbonyl (C=O) groups is 3. The summed E-state index contributed by atoms with van der Waals surface area (Å²) in [4.78, 5) is 38.4. The number of benzene rings is 1. The van der Waals surface area contributed by atoms with Gasteiger partial charge in [0.25, 0.3) is 5.91 Å². The first-order chi connectivity index (χ1) is 16.3. The molecule has 0 bridgehead atoms. The molecule has 5 rings (SSSR count). The van der Waals surface area contributed by atoms with E-state index < -0.39 is 6.04 Å². The fourth-order valence-electron chi connectivity index (χ4n) is 6.41. The van der Waals surface area contributed by atoms with Crippen molar-refractivity contribution >= 4 is 17.7 Å². The maximum atomic E-state index is 13.0. The van der Waals surface area contributed by atoms with Crippen molar-refractivity contribution in [3.8, 4) is 0 Å². The minimum Gasteiger partial charge on any atom is -0.375 e. The number of nitrogens with zero attached hydrogens (tertiary/aromatic N) is 1. The molecule has 3 heterocycles. The number of nitrogens with one attached hydrogen (secondary N) is 2. The lowest BCUT2D eigenvalue weighted by Crippen LogP contribution is -2.52. The van der Waals surface area contributed by atoms with Gasteiger partial charge >= 0.3 is 0 Å². The lowest BCUT2D eigenvalue weighted by molar-refractivity contribution is -0.136. The molecular weight excluding hydrogens is 430 g/mol. The molecule has 1 saturated carbocycles. The molecule has 4 atom stereocenters. The third-order valence-corrected chi connectivity index (χ3v) is 8.14. The number of hydrogen-bond donors (Lipinski definition) is 2. The van der Waals surface area contributed by atoms with Gasteiger partial charge in [-0.05, 0) is 75.5 Å². The van der Waals surface area contributed by atoms with Gasteiger partial charge in [0, 0.05) is 37.2 Å². The average molecular weight is 468 g/mol. The Morgan fingerprint density at radius 1 is 1.12 bits per heavy atom. The Hall–Kier alpha value is -2.25. The summed E-state index contributed by atoms with van der Waals surface area (Å²) in [7, 11) is 0. The van der Waals surface area contributed by atoms with Crippen molar-refractivity contribution in [2.24, 2.45) is 5.92 Å². The number of hydrogen-bond acceptors (Lipinski definition) is 5. The van der Waals surface area contributed by atoms with Crippen molar-refractivity contribution in [2.45, 2.75) is 102 Å². The molecule has 0 spiro atoms. The predicted octanol–water partition coefficient (Wildman–Crippen LogP) is 3.10. The molecule has 0 aromatic heterocycles. The van der Waals surface area contributed by atoms with Gasteiger partial charge in [-0.15, -0.1) is 0 Å². The van der Waals surface area contributed by atoms with E-state index >= 15 is 0 Å². The highest BCUT2D eigenvalue weighted by atomic mass is 16.5. The smallest absolute Gasteiger partial charge is 0.255 e. The number of fused-ring (bicyclic) bond motifs is 1. The molecule has 2 saturated heterocycles. The molecular formula is C27H37N3O4. The van der Waals surface area contributed by atoms with E-state index in [-0.39, 0.29) is 29.7 Å². The summed E-state index contributed by atoms with van der Waals surface area (Å²) in [5, 5.41) is 6.36. The van der Waals surface area contributed by atoms with Crippen molar-refractivity contribution in [3.63, 3.8) is 0 Å². The molecule has 1 unspecified atom stereocenters. The highest BCUT2D eigenvalue weighted by Gasteiger charge is 2.39. The quantitative estimate of drug-likeness (QED) is 0.650. The molecule has 1 aliphatic carbocycles. The summed E-state index contributed by atoms with van der Waals surface area (Å²) in [6, 6.07) is 6.66. The second-order valence-electron chi connectivity index (χ2n) is 11.2. The van der Waals surface area contributed by atoms with Crippen molar-refractivity contribution < 1.29 is 19.1 Å². The lowest BCUT2D eigenvalue weighted by Gasteiger charge is -2.41. The normalized spacial score (nSPS) is 31.4. The second kappa shape index (κ2) is 9.42. The van der Waals surface area contributed by atoms with E-state index in [0.29, 0.717) is 36.5 Å². The van der Waals surface area contributed by atoms with Crippen LogP contribution in [0.1, 0.15) is 86.7 Å². The van der Waals surface area contributed by atoms with Crippen LogP contribution in [0.2, 0.25) is 0 Å². The van der Waals surface area contributed by atoms with E-state index in [0.717, 1.165) is 31.4 Å². The van der Waals surface area contributed by atoms with E-state index in [4.69, 9.17) is 4.74 Å². The van der Waals surface area contributed by atoms with Crippen LogP contribution >= 0.6 is 0 Å². The maximum absolute atomic E-state index is 13.0. The van der Waals surface area contributed by atoms with Crippen LogP contribution in [0.4, 0.5) is 0 Å². The second-order valence-corrected chi connectivity index (χ2v) is 11.2. The van der Waals surface area contributed by atoms with E-state index in [9.17, 15) is 14.4 Å². The van der Waals surface area contributed by atoms with Crippen LogP contribution in [0.3, 0.4) is 0 Å². The number of carbonyl (C=O) groups excluding carboxylic acids is 3. The van der Waals surface area contributed by atoms with Crippen molar-refractivity contribution in [1.29, 1.82) is 0 Å². The van der Waals surface area contributed by atoms with Gasteiger partial charge in [-0.2, -0.15) is 0 Å². The highest BCUT2D eigenvalue weighted by Crippen LogP contribution is 2.33. The molecule has 3 aliphatic heterocycles. The van der Waals surface area contributed by atoms with Gasteiger partial charge in [-0.25, -0.2) is 0 Å². The van der Waals surface area contributed by atoms with E-state index in [1.807, 2.05) is 6.07 Å². The molecule has 1 aromatic carbocycles. The molecule has 4 aliphatic rings. The first-order valence-corrected chi connectivity index (χ1v) is 13.0. The number of ether oxygens (including phenoxy) is 1. The van der Waals surface area contributed by atoms with Gasteiger partial charge in [0.2, 0.25) is 11.8 Å². The van der Waals surface area contributed by atoms with Crippen LogP contribution in [-0.2, 0) is 27.3 Å². The summed E-state index contributed by atoms with van der Waals surface area (Å²) >= 11 is 0. The fraction of sp³-hybridized carbons (Fsp3) is 0.667. The largest absolute Gasteiger partial charge is 0.375 e. The standard InChI is InChI=1S/C27H37N3O4/c1-27(2)15-20(11-12-34-27)28-22-6-4-3-5-18(22)13-17-7-8-21-19(14-17)16-30(26(21)33)23-9-10-24(31)29-25(23)32/h7-8,14,18,20,22-23,28H,3-6,9-13,15-16H2,1-2H3,(H,29,31,32)/t18-,20+,22+,23?/m1/s1. The predicted molar refractivity (Wildman–Crippen MR) is 128 cm³/mol. The Balaban J connectivity index is 1.25. The van der Waals surface area contributed by atoms with Gasteiger partial charge in [0.05, 0.1) is 5.60 Å². The third-order valence-electron chi connectivity index (χ3n) is 8.14. The monoisotopic (exact) mass is 467 g/mol. The highest BCUT2D eigenvalue weighted by molar-refractivity contribution is 6.05. The molecule has 184 valence electrons. The Morgan fingerprint density at radius 3 is 2.74 bits per heavy atom. The Kier molecular flexibility index (Phi) is 6.51. The van der Waals surface area contributed by atoms with Gasteiger partial charge in [-0.1, -0.05) is 25.0 Å². The molecule has 3 fully saturated rings. The van der Waals surface area contributed by atoms with E-state index in [1.165, 1.54) is 31.2 Å². The molecule has 3 amide bonds. The minimum absolute atomic E-state index is 0.0546. The molecule has 7 heteroatoms. The molecule has 0 radical (unpaired) electrons. The van der Waals surface area contributed by atoms with Gasteiger partial charge in [0.1, 0.15) is 6.04 Å². The summed E-state index contributed by atoms with van der Waals surface area (Å²) in [5.74, 6) is -0.130. The van der Waals surface area contributed by atoms with Crippen LogP contribution in [0, 0.1) is 5.92 Å². The number of piperidine rings is 1. The SMILES string of the molecule is CC1(C)C[C@@H](N[C@H]2CCCC[C@@H]2Cc2ccc3c(c2)CN(C2CCC(=O)NC2=O)C3=O)CCO1. The Bertz CT molecular complexity index is 975.